The molecule has 1 N–H and O–H groups in total. The van der Waals surface area contributed by atoms with E-state index in [2.05, 4.69) is 19.2 Å². The van der Waals surface area contributed by atoms with Crippen molar-refractivity contribution in [2.75, 3.05) is 5.32 Å². The van der Waals surface area contributed by atoms with Crippen LogP contribution in [0, 0.1) is 0 Å². The van der Waals surface area contributed by atoms with Crippen molar-refractivity contribution >= 4 is 39.9 Å². The maximum atomic E-state index is 13.2. The van der Waals surface area contributed by atoms with Crippen LogP contribution in [0.1, 0.15) is 48.4 Å². The van der Waals surface area contributed by atoms with E-state index in [0.29, 0.717) is 38.9 Å². The van der Waals surface area contributed by atoms with E-state index in [1.165, 1.54) is 5.56 Å². The molecule has 168 valence electrons. The summed E-state index contributed by atoms with van der Waals surface area (Å²) in [5, 5.41) is 4.00. The molecule has 0 radical (unpaired) electrons. The largest absolute Gasteiger partial charge is 0.481 e. The van der Waals surface area contributed by atoms with Crippen LogP contribution < -0.4 is 10.1 Å². The summed E-state index contributed by atoms with van der Waals surface area (Å²) in [7, 11) is 0. The zero-order valence-corrected chi connectivity index (χ0v) is 19.3. The Bertz CT molecular complexity index is 1290. The molecule has 0 fully saturated rings. The molecule has 6 heteroatoms. The standard InChI is InChI=1S/C27H24ClNO4/c1-16(2)18-10-14-21(15-11-18)32-17(3)27(31)29-24-22-6-4-5-7-23(22)33-26(24)25(30)19-8-12-20(28)13-9-19/h4-17H,1-3H3,(H,29,31). The molecule has 33 heavy (non-hydrogen) atoms. The van der Waals surface area contributed by atoms with Crippen LogP contribution in [0.25, 0.3) is 11.0 Å². The molecule has 1 amide bonds. The van der Waals surface area contributed by atoms with Crippen LogP contribution in [0.5, 0.6) is 5.75 Å². The molecular weight excluding hydrogens is 438 g/mol. The van der Waals surface area contributed by atoms with Crippen molar-refractivity contribution < 1.29 is 18.7 Å². The van der Waals surface area contributed by atoms with E-state index < -0.39 is 6.10 Å². The molecular formula is C27H24ClNO4. The van der Waals surface area contributed by atoms with Crippen LogP contribution in [-0.2, 0) is 4.79 Å². The van der Waals surface area contributed by atoms with Crippen molar-refractivity contribution in [1.29, 1.82) is 0 Å². The van der Waals surface area contributed by atoms with E-state index in [1.54, 1.807) is 49.4 Å². The number of halogens is 1. The number of furan rings is 1. The minimum absolute atomic E-state index is 0.0559. The Kier molecular flexibility index (Phi) is 6.52. The fraction of sp³-hybridized carbons (Fsp3) is 0.185. The number of anilines is 1. The highest BCUT2D eigenvalue weighted by atomic mass is 35.5. The summed E-state index contributed by atoms with van der Waals surface area (Å²) in [5.74, 6) is 0.318. The average Bonchev–Trinajstić information content (AvgIpc) is 3.17. The van der Waals surface area contributed by atoms with E-state index in [0.717, 1.165) is 0 Å². The van der Waals surface area contributed by atoms with Crippen LogP contribution in [-0.4, -0.2) is 17.8 Å². The Morgan fingerprint density at radius 2 is 1.58 bits per heavy atom. The lowest BCUT2D eigenvalue weighted by Gasteiger charge is -2.15. The number of rotatable bonds is 7. The van der Waals surface area contributed by atoms with Crippen molar-refractivity contribution in [1.82, 2.24) is 0 Å². The number of ether oxygens (including phenoxy) is 1. The predicted octanol–water partition coefficient (Wildman–Crippen LogP) is 6.85. The van der Waals surface area contributed by atoms with Crippen LogP contribution in [0.2, 0.25) is 5.02 Å². The van der Waals surface area contributed by atoms with Crippen molar-refractivity contribution in [3.05, 3.63) is 94.7 Å². The summed E-state index contributed by atoms with van der Waals surface area (Å²) in [6.07, 6.45) is -0.790. The Balaban J connectivity index is 1.59. The van der Waals surface area contributed by atoms with Crippen molar-refractivity contribution in [3.8, 4) is 5.75 Å². The summed E-state index contributed by atoms with van der Waals surface area (Å²) in [6, 6.07) is 21.3. The van der Waals surface area contributed by atoms with Gasteiger partial charge in [0.1, 0.15) is 11.3 Å². The zero-order chi connectivity index (χ0) is 23.5. The molecule has 1 atom stereocenters. The van der Waals surface area contributed by atoms with Gasteiger partial charge >= 0.3 is 0 Å². The van der Waals surface area contributed by atoms with Crippen LogP contribution >= 0.6 is 11.6 Å². The maximum absolute atomic E-state index is 13.2. The van der Waals surface area contributed by atoms with Gasteiger partial charge in [-0.3, -0.25) is 9.59 Å². The summed E-state index contributed by atoms with van der Waals surface area (Å²) < 4.78 is 11.7. The molecule has 0 saturated carbocycles. The average molecular weight is 462 g/mol. The van der Waals surface area contributed by atoms with Crippen molar-refractivity contribution in [2.45, 2.75) is 32.8 Å². The Morgan fingerprint density at radius 3 is 2.24 bits per heavy atom. The predicted molar refractivity (Wildman–Crippen MR) is 130 cm³/mol. The number of para-hydroxylation sites is 1. The topological polar surface area (TPSA) is 68.5 Å². The number of amides is 1. The zero-order valence-electron chi connectivity index (χ0n) is 18.6. The van der Waals surface area contributed by atoms with Crippen LogP contribution in [0.3, 0.4) is 0 Å². The molecule has 0 aliphatic heterocycles. The highest BCUT2D eigenvalue weighted by Crippen LogP contribution is 2.33. The molecule has 1 unspecified atom stereocenters. The van der Waals surface area contributed by atoms with Crippen LogP contribution in [0.15, 0.2) is 77.2 Å². The highest BCUT2D eigenvalue weighted by Gasteiger charge is 2.25. The highest BCUT2D eigenvalue weighted by molar-refractivity contribution is 6.30. The lowest BCUT2D eigenvalue weighted by molar-refractivity contribution is -0.122. The van der Waals surface area contributed by atoms with Gasteiger partial charge in [0, 0.05) is 16.0 Å². The van der Waals surface area contributed by atoms with Gasteiger partial charge in [0.15, 0.2) is 11.9 Å². The number of hydrogen-bond acceptors (Lipinski definition) is 4. The third kappa shape index (κ3) is 4.94. The van der Waals surface area contributed by atoms with Gasteiger partial charge in [0.05, 0.1) is 5.69 Å². The minimum atomic E-state index is -0.790. The minimum Gasteiger partial charge on any atom is -0.481 e. The summed E-state index contributed by atoms with van der Waals surface area (Å²) in [4.78, 5) is 26.1. The smallest absolute Gasteiger partial charge is 0.265 e. The maximum Gasteiger partial charge on any atom is 0.265 e. The van der Waals surface area contributed by atoms with Gasteiger partial charge in [-0.2, -0.15) is 0 Å². The number of nitrogens with one attached hydrogen (secondary N) is 1. The molecule has 1 heterocycles. The molecule has 4 aromatic rings. The van der Waals surface area contributed by atoms with E-state index in [-0.39, 0.29) is 17.5 Å². The third-order valence-electron chi connectivity index (χ3n) is 5.39. The Morgan fingerprint density at radius 1 is 0.909 bits per heavy atom. The van der Waals surface area contributed by atoms with Gasteiger partial charge in [-0.15, -0.1) is 0 Å². The number of carbonyl (C=O) groups is 2. The number of ketones is 1. The first-order chi connectivity index (χ1) is 15.8. The second kappa shape index (κ2) is 9.51. The molecule has 0 spiro atoms. The van der Waals surface area contributed by atoms with Crippen LogP contribution in [0.4, 0.5) is 5.69 Å². The van der Waals surface area contributed by atoms with E-state index in [1.807, 2.05) is 30.3 Å². The number of carbonyl (C=O) groups excluding carboxylic acids is 2. The quantitative estimate of drug-likeness (QED) is 0.306. The van der Waals surface area contributed by atoms with Gasteiger partial charge in [-0.1, -0.05) is 49.7 Å². The first-order valence-corrected chi connectivity index (χ1v) is 11.1. The van der Waals surface area contributed by atoms with E-state index >= 15 is 0 Å². The second-order valence-corrected chi connectivity index (χ2v) is 8.55. The molecule has 0 aliphatic carbocycles. The summed E-state index contributed by atoms with van der Waals surface area (Å²) >= 11 is 5.95. The molecule has 0 bridgehead atoms. The molecule has 0 aliphatic rings. The Labute approximate surface area is 197 Å². The first kappa shape index (κ1) is 22.6. The number of fused-ring (bicyclic) bond motifs is 1. The molecule has 4 rings (SSSR count). The van der Waals surface area contributed by atoms with Crippen molar-refractivity contribution in [3.63, 3.8) is 0 Å². The summed E-state index contributed by atoms with van der Waals surface area (Å²) in [5.41, 5.74) is 2.42. The molecule has 3 aromatic carbocycles. The number of hydrogen-bond donors (Lipinski definition) is 1. The lowest BCUT2D eigenvalue weighted by atomic mass is 10.0. The lowest BCUT2D eigenvalue weighted by Crippen LogP contribution is -2.30. The van der Waals surface area contributed by atoms with Gasteiger partial charge < -0.3 is 14.5 Å². The molecule has 0 saturated heterocycles. The Hall–Kier alpha value is -3.57. The van der Waals surface area contributed by atoms with Gasteiger partial charge in [0.2, 0.25) is 5.78 Å². The fourth-order valence-electron chi connectivity index (χ4n) is 3.48. The van der Waals surface area contributed by atoms with Gasteiger partial charge in [0.25, 0.3) is 5.91 Å². The monoisotopic (exact) mass is 461 g/mol. The van der Waals surface area contributed by atoms with Crippen molar-refractivity contribution in [2.24, 2.45) is 0 Å². The van der Waals surface area contributed by atoms with Gasteiger partial charge in [-0.05, 0) is 66.9 Å². The fourth-order valence-corrected chi connectivity index (χ4v) is 3.60. The second-order valence-electron chi connectivity index (χ2n) is 8.11. The molecule has 5 nitrogen and oxygen atoms in total. The first-order valence-electron chi connectivity index (χ1n) is 10.7. The normalized spacial score (nSPS) is 12.0. The summed E-state index contributed by atoms with van der Waals surface area (Å²) in [6.45, 7) is 5.89. The van der Waals surface area contributed by atoms with E-state index in [4.69, 9.17) is 20.8 Å². The third-order valence-corrected chi connectivity index (χ3v) is 5.64. The van der Waals surface area contributed by atoms with Gasteiger partial charge in [-0.25, -0.2) is 0 Å². The molecule has 1 aromatic heterocycles. The SMILES string of the molecule is CC(Oc1ccc(C(C)C)cc1)C(=O)Nc1c(C(=O)c2ccc(Cl)cc2)oc2ccccc12. The van der Waals surface area contributed by atoms with E-state index in [9.17, 15) is 9.59 Å². The number of benzene rings is 3.